The van der Waals surface area contributed by atoms with Gasteiger partial charge < -0.3 is 10.6 Å². The Morgan fingerprint density at radius 1 is 1.29 bits per heavy atom. The van der Waals surface area contributed by atoms with Gasteiger partial charge in [-0.05, 0) is 32.4 Å². The van der Waals surface area contributed by atoms with Gasteiger partial charge in [0.05, 0.1) is 0 Å². The van der Waals surface area contributed by atoms with Crippen LogP contribution in [0, 0.1) is 0 Å². The van der Waals surface area contributed by atoms with Gasteiger partial charge in [-0.3, -0.25) is 0 Å². The molecule has 2 N–H and O–H groups in total. The van der Waals surface area contributed by atoms with Crippen LogP contribution < -0.4 is 10.6 Å². The van der Waals surface area contributed by atoms with E-state index >= 15 is 0 Å². The van der Waals surface area contributed by atoms with Gasteiger partial charge in [-0.1, -0.05) is 13.0 Å². The van der Waals surface area contributed by atoms with Crippen LogP contribution in [0.2, 0.25) is 0 Å². The molecule has 78 valence electrons. The molecule has 0 aliphatic heterocycles. The third kappa shape index (κ3) is 2.91. The third-order valence-corrected chi connectivity index (χ3v) is 2.36. The minimum atomic E-state index is 0.0966. The standard InChI is InChI=1S/C11H19N3/c1-5-11(2,3)14-10-8-6-7-9(12-4)13-10/h6-8H,5H2,1-4H3,(H2,12,13,14). The predicted octanol–water partition coefficient (Wildman–Crippen LogP) is 2.72. The van der Waals surface area contributed by atoms with Crippen LogP contribution in [0.15, 0.2) is 18.2 Å². The number of rotatable bonds is 4. The average Bonchev–Trinajstić information content (AvgIpc) is 2.17. The largest absolute Gasteiger partial charge is 0.373 e. The number of hydrogen-bond donors (Lipinski definition) is 2. The second kappa shape index (κ2) is 4.31. The van der Waals surface area contributed by atoms with Gasteiger partial charge in [0.2, 0.25) is 0 Å². The number of aromatic nitrogens is 1. The van der Waals surface area contributed by atoms with Gasteiger partial charge in [-0.25, -0.2) is 4.98 Å². The van der Waals surface area contributed by atoms with Crippen molar-refractivity contribution in [3.05, 3.63) is 18.2 Å². The molecule has 0 atom stereocenters. The van der Waals surface area contributed by atoms with Gasteiger partial charge in [0.1, 0.15) is 11.6 Å². The number of nitrogens with zero attached hydrogens (tertiary/aromatic N) is 1. The summed E-state index contributed by atoms with van der Waals surface area (Å²) >= 11 is 0. The molecule has 0 aromatic carbocycles. The molecule has 0 fully saturated rings. The number of hydrogen-bond acceptors (Lipinski definition) is 3. The Kier molecular flexibility index (Phi) is 3.33. The number of anilines is 2. The summed E-state index contributed by atoms with van der Waals surface area (Å²) in [5.74, 6) is 1.81. The van der Waals surface area contributed by atoms with E-state index in [0.717, 1.165) is 18.1 Å². The minimum absolute atomic E-state index is 0.0966. The van der Waals surface area contributed by atoms with Crippen molar-refractivity contribution in [1.82, 2.24) is 4.98 Å². The summed E-state index contributed by atoms with van der Waals surface area (Å²) in [6.45, 7) is 6.50. The van der Waals surface area contributed by atoms with Gasteiger partial charge in [0.15, 0.2) is 0 Å². The Morgan fingerprint density at radius 3 is 2.50 bits per heavy atom. The summed E-state index contributed by atoms with van der Waals surface area (Å²) in [7, 11) is 1.87. The van der Waals surface area contributed by atoms with Crippen molar-refractivity contribution in [2.75, 3.05) is 17.7 Å². The van der Waals surface area contributed by atoms with E-state index in [1.54, 1.807) is 0 Å². The molecule has 0 saturated heterocycles. The summed E-state index contributed by atoms with van der Waals surface area (Å²) in [4.78, 5) is 4.40. The molecule has 1 aromatic rings. The molecular weight excluding hydrogens is 174 g/mol. The highest BCUT2D eigenvalue weighted by molar-refractivity contribution is 5.45. The zero-order valence-electron chi connectivity index (χ0n) is 9.39. The van der Waals surface area contributed by atoms with Crippen molar-refractivity contribution in [1.29, 1.82) is 0 Å². The summed E-state index contributed by atoms with van der Waals surface area (Å²) in [6.07, 6.45) is 1.07. The molecule has 1 aromatic heterocycles. The van der Waals surface area contributed by atoms with E-state index in [-0.39, 0.29) is 5.54 Å². The fraction of sp³-hybridized carbons (Fsp3) is 0.545. The molecule has 0 saturated carbocycles. The zero-order valence-corrected chi connectivity index (χ0v) is 9.39. The van der Waals surface area contributed by atoms with E-state index in [2.05, 4.69) is 36.4 Å². The van der Waals surface area contributed by atoms with E-state index in [9.17, 15) is 0 Å². The maximum absolute atomic E-state index is 4.40. The van der Waals surface area contributed by atoms with Gasteiger partial charge >= 0.3 is 0 Å². The summed E-state index contributed by atoms with van der Waals surface area (Å²) < 4.78 is 0. The molecule has 0 radical (unpaired) electrons. The maximum Gasteiger partial charge on any atom is 0.128 e. The molecule has 14 heavy (non-hydrogen) atoms. The van der Waals surface area contributed by atoms with E-state index < -0.39 is 0 Å². The third-order valence-electron chi connectivity index (χ3n) is 2.36. The first-order valence-electron chi connectivity index (χ1n) is 5.00. The molecule has 0 aliphatic rings. The second-order valence-corrected chi connectivity index (χ2v) is 4.02. The summed E-state index contributed by atoms with van der Waals surface area (Å²) in [5, 5.41) is 6.41. The Labute approximate surface area is 85.9 Å². The SMILES string of the molecule is CCC(C)(C)Nc1cccc(NC)n1. The lowest BCUT2D eigenvalue weighted by Gasteiger charge is -2.25. The van der Waals surface area contributed by atoms with Crippen LogP contribution in [-0.2, 0) is 0 Å². The molecular formula is C11H19N3. The number of nitrogens with one attached hydrogen (secondary N) is 2. The van der Waals surface area contributed by atoms with E-state index in [4.69, 9.17) is 0 Å². The zero-order chi connectivity index (χ0) is 10.6. The van der Waals surface area contributed by atoms with E-state index in [0.29, 0.717) is 0 Å². The molecule has 0 bridgehead atoms. The van der Waals surface area contributed by atoms with Crippen LogP contribution in [0.25, 0.3) is 0 Å². The first-order valence-corrected chi connectivity index (χ1v) is 5.00. The molecule has 0 amide bonds. The molecule has 1 heterocycles. The van der Waals surface area contributed by atoms with Crippen molar-refractivity contribution in [2.45, 2.75) is 32.7 Å². The highest BCUT2D eigenvalue weighted by Crippen LogP contribution is 2.17. The normalized spacial score (nSPS) is 11.1. The lowest BCUT2D eigenvalue weighted by atomic mass is 10.0. The summed E-state index contributed by atoms with van der Waals surface area (Å²) in [5.41, 5.74) is 0.0966. The van der Waals surface area contributed by atoms with Crippen LogP contribution in [0.5, 0.6) is 0 Å². The predicted molar refractivity (Wildman–Crippen MR) is 61.8 cm³/mol. The fourth-order valence-electron chi connectivity index (χ4n) is 1.08. The maximum atomic E-state index is 4.40. The number of pyridine rings is 1. The first kappa shape index (κ1) is 10.8. The highest BCUT2D eigenvalue weighted by atomic mass is 15.1. The van der Waals surface area contributed by atoms with Crippen molar-refractivity contribution >= 4 is 11.6 Å². The van der Waals surface area contributed by atoms with Crippen molar-refractivity contribution in [2.24, 2.45) is 0 Å². The van der Waals surface area contributed by atoms with E-state index in [1.165, 1.54) is 0 Å². The van der Waals surface area contributed by atoms with Crippen LogP contribution in [0.4, 0.5) is 11.6 Å². The van der Waals surface area contributed by atoms with Crippen LogP contribution >= 0.6 is 0 Å². The molecule has 0 unspecified atom stereocenters. The lowest BCUT2D eigenvalue weighted by Crippen LogP contribution is -2.30. The molecule has 1 rings (SSSR count). The minimum Gasteiger partial charge on any atom is -0.373 e. The molecule has 0 aliphatic carbocycles. The average molecular weight is 193 g/mol. The Balaban J connectivity index is 2.76. The van der Waals surface area contributed by atoms with E-state index in [1.807, 2.05) is 25.2 Å². The Hall–Kier alpha value is -1.25. The first-order chi connectivity index (χ1) is 6.57. The van der Waals surface area contributed by atoms with Crippen molar-refractivity contribution in [3.8, 4) is 0 Å². The van der Waals surface area contributed by atoms with Gasteiger partial charge in [-0.2, -0.15) is 0 Å². The van der Waals surface area contributed by atoms with Gasteiger partial charge in [-0.15, -0.1) is 0 Å². The Bertz CT molecular complexity index is 294. The summed E-state index contributed by atoms with van der Waals surface area (Å²) in [6, 6.07) is 5.93. The quantitative estimate of drug-likeness (QED) is 0.772. The van der Waals surface area contributed by atoms with Crippen molar-refractivity contribution < 1.29 is 0 Å². The fourth-order valence-corrected chi connectivity index (χ4v) is 1.08. The highest BCUT2D eigenvalue weighted by Gasteiger charge is 2.14. The monoisotopic (exact) mass is 193 g/mol. The second-order valence-electron chi connectivity index (χ2n) is 4.02. The smallest absolute Gasteiger partial charge is 0.128 e. The lowest BCUT2D eigenvalue weighted by molar-refractivity contribution is 0.545. The Morgan fingerprint density at radius 2 is 1.93 bits per heavy atom. The van der Waals surface area contributed by atoms with Crippen LogP contribution in [-0.4, -0.2) is 17.6 Å². The van der Waals surface area contributed by atoms with Gasteiger partial charge in [0.25, 0.3) is 0 Å². The molecule has 3 heteroatoms. The van der Waals surface area contributed by atoms with Crippen LogP contribution in [0.1, 0.15) is 27.2 Å². The topological polar surface area (TPSA) is 37.0 Å². The molecule has 0 spiro atoms. The van der Waals surface area contributed by atoms with Crippen LogP contribution in [0.3, 0.4) is 0 Å². The molecule has 3 nitrogen and oxygen atoms in total. The van der Waals surface area contributed by atoms with Crippen molar-refractivity contribution in [3.63, 3.8) is 0 Å². The van der Waals surface area contributed by atoms with Gasteiger partial charge in [0, 0.05) is 12.6 Å².